The van der Waals surface area contributed by atoms with E-state index in [0.29, 0.717) is 10.4 Å². The maximum atomic E-state index is 15.2. The fraction of sp³-hybridized carbons (Fsp3) is 0.263. The third kappa shape index (κ3) is 3.36. The topological polar surface area (TPSA) is 61.9 Å². The Morgan fingerprint density at radius 1 is 1.39 bits per heavy atom. The summed E-state index contributed by atoms with van der Waals surface area (Å²) < 4.78 is 71.2. The number of alkyl halides is 3. The zero-order valence-electron chi connectivity index (χ0n) is 16.4. The third-order valence-electron chi connectivity index (χ3n) is 5.51. The molecular weight excluding hydrogens is 468 g/mol. The highest BCUT2D eigenvalue weighted by Gasteiger charge is 2.47. The van der Waals surface area contributed by atoms with E-state index < -0.39 is 22.8 Å². The predicted octanol–water partition coefficient (Wildman–Crippen LogP) is 2.90. The number of nitriles is 1. The second-order valence-corrected chi connectivity index (χ2v) is 10.4. The lowest BCUT2D eigenvalue weighted by atomic mass is 9.91. The molecule has 0 saturated heterocycles. The van der Waals surface area contributed by atoms with Gasteiger partial charge in [-0.15, -0.1) is 11.3 Å². The molecule has 0 amide bonds. The van der Waals surface area contributed by atoms with Crippen molar-refractivity contribution in [2.45, 2.75) is 31.4 Å². The van der Waals surface area contributed by atoms with Crippen LogP contribution in [0.1, 0.15) is 33.5 Å². The molecule has 1 aliphatic heterocycles. The van der Waals surface area contributed by atoms with E-state index in [1.54, 1.807) is 23.4 Å². The SMILES string of the molecule is CCn1cc(-c2c(F)cccc2[C@@]2([SiH3])c3cc(C#N)sc3CN2[SH]=O)c(C(F)(F)F)n1. The number of halogens is 4. The largest absolute Gasteiger partial charge is 0.435 e. The first kappa shape index (κ1) is 21.9. The number of thiophene rings is 1. The molecule has 0 radical (unpaired) electrons. The van der Waals surface area contributed by atoms with Crippen molar-refractivity contribution in [1.82, 2.24) is 14.1 Å². The molecule has 1 atom stereocenters. The van der Waals surface area contributed by atoms with Crippen LogP contribution in [-0.4, -0.2) is 28.5 Å². The maximum absolute atomic E-state index is 15.2. The minimum atomic E-state index is -4.78. The zero-order valence-corrected chi connectivity index (χ0v) is 20.1. The molecule has 4 rings (SSSR count). The smallest absolute Gasteiger partial charge is 0.272 e. The summed E-state index contributed by atoms with van der Waals surface area (Å²) in [6.45, 7) is 2.08. The first-order valence-corrected chi connectivity index (χ1v) is 11.8. The van der Waals surface area contributed by atoms with Gasteiger partial charge in [-0.1, -0.05) is 12.1 Å². The molecule has 0 unspecified atom stereocenters. The summed E-state index contributed by atoms with van der Waals surface area (Å²) in [5.74, 6) is -0.819. The molecule has 1 aliphatic rings. The van der Waals surface area contributed by atoms with E-state index in [0.717, 1.165) is 15.6 Å². The molecule has 0 spiro atoms. The molecule has 0 fully saturated rings. The van der Waals surface area contributed by atoms with Crippen LogP contribution in [0.25, 0.3) is 11.1 Å². The number of hydrogen-bond donors (Lipinski definition) is 1. The number of fused-ring (bicyclic) bond motifs is 1. The van der Waals surface area contributed by atoms with Crippen LogP contribution >= 0.6 is 11.3 Å². The van der Waals surface area contributed by atoms with Crippen molar-refractivity contribution in [1.29, 1.82) is 5.26 Å². The number of thiol groups is 1. The van der Waals surface area contributed by atoms with Crippen LogP contribution in [0.15, 0.2) is 30.5 Å². The van der Waals surface area contributed by atoms with Crippen LogP contribution in [0, 0.1) is 17.1 Å². The van der Waals surface area contributed by atoms with Crippen LogP contribution in [0.4, 0.5) is 17.6 Å². The van der Waals surface area contributed by atoms with Crippen LogP contribution in [0.3, 0.4) is 0 Å². The number of hydrogen-bond acceptors (Lipinski definition) is 4. The average molecular weight is 485 g/mol. The summed E-state index contributed by atoms with van der Waals surface area (Å²) in [4.78, 5) is 1.24. The van der Waals surface area contributed by atoms with Crippen molar-refractivity contribution in [3.05, 3.63) is 62.9 Å². The second kappa shape index (κ2) is 7.66. The lowest BCUT2D eigenvalue weighted by Crippen LogP contribution is -2.41. The first-order valence-electron chi connectivity index (χ1n) is 9.23. The number of nitrogens with zero attached hydrogens (tertiary/aromatic N) is 4. The molecule has 2 aromatic heterocycles. The second-order valence-electron chi connectivity index (χ2n) is 7.18. The van der Waals surface area contributed by atoms with Crippen molar-refractivity contribution in [2.75, 3.05) is 0 Å². The molecule has 3 heterocycles. The van der Waals surface area contributed by atoms with Gasteiger partial charge >= 0.3 is 6.18 Å². The van der Waals surface area contributed by atoms with Crippen molar-refractivity contribution in [2.24, 2.45) is 0 Å². The van der Waals surface area contributed by atoms with Crippen LogP contribution in [-0.2, 0) is 36.3 Å². The molecule has 162 valence electrons. The first-order chi connectivity index (χ1) is 14.6. The number of aromatic nitrogens is 2. The Morgan fingerprint density at radius 3 is 2.74 bits per heavy atom. The fourth-order valence-corrected chi connectivity index (χ4v) is 7.19. The van der Waals surface area contributed by atoms with E-state index in [9.17, 15) is 22.6 Å². The molecule has 12 heteroatoms. The minimum absolute atomic E-state index is 0.185. The Kier molecular flexibility index (Phi) is 5.41. The van der Waals surface area contributed by atoms with Crippen molar-refractivity contribution < 1.29 is 21.8 Å². The summed E-state index contributed by atoms with van der Waals surface area (Å²) in [6, 6.07) is 7.84. The highest BCUT2D eigenvalue weighted by atomic mass is 32.2. The average Bonchev–Trinajstić information content (AvgIpc) is 3.40. The fourth-order valence-electron chi connectivity index (χ4n) is 4.02. The molecule has 0 saturated carbocycles. The van der Waals surface area contributed by atoms with Gasteiger partial charge in [0.2, 0.25) is 0 Å². The summed E-state index contributed by atoms with van der Waals surface area (Å²) in [5.41, 5.74) is -0.768. The van der Waals surface area contributed by atoms with E-state index in [1.807, 2.05) is 0 Å². The van der Waals surface area contributed by atoms with E-state index >= 15 is 4.39 Å². The standard InChI is InChI=1S/C19H16F4N4OS2Si/c1-2-26-8-11(17(25-26)19(21,22)23)16-12(4-3-5-14(16)20)18(31)13-6-10(7-24)29-15(13)9-27(18)30-28/h3-6,8,30H,2,9H2,1,31H3/t18-/m1/s1. The molecule has 3 aromatic rings. The van der Waals surface area contributed by atoms with E-state index in [2.05, 4.69) is 11.2 Å². The molecule has 0 aliphatic carbocycles. The van der Waals surface area contributed by atoms with Gasteiger partial charge in [-0.05, 0) is 30.2 Å². The molecule has 5 nitrogen and oxygen atoms in total. The number of benzene rings is 1. The highest BCUT2D eigenvalue weighted by molar-refractivity contribution is 7.63. The summed E-state index contributed by atoms with van der Waals surface area (Å²) in [5, 5.41) is 11.8. The minimum Gasteiger partial charge on any atom is -0.272 e. The van der Waals surface area contributed by atoms with Gasteiger partial charge in [-0.2, -0.15) is 23.5 Å². The molecular formula is C19H16F4N4OS2Si. The van der Waals surface area contributed by atoms with Gasteiger partial charge in [0.05, 0.1) is 17.0 Å². The van der Waals surface area contributed by atoms with Gasteiger partial charge in [0, 0.05) is 45.5 Å². The highest BCUT2D eigenvalue weighted by Crippen LogP contribution is 2.49. The summed E-state index contributed by atoms with van der Waals surface area (Å²) >= 11 is 0.911. The maximum Gasteiger partial charge on any atom is 0.435 e. The van der Waals surface area contributed by atoms with Gasteiger partial charge in [0.25, 0.3) is 0 Å². The third-order valence-corrected chi connectivity index (χ3v) is 9.27. The summed E-state index contributed by atoms with van der Waals surface area (Å²) in [7, 11) is 0.289. The Bertz CT molecular complexity index is 1230. The molecule has 0 N–H and O–H groups in total. The predicted molar refractivity (Wildman–Crippen MR) is 113 cm³/mol. The van der Waals surface area contributed by atoms with E-state index in [1.165, 1.54) is 23.6 Å². The zero-order chi connectivity index (χ0) is 22.6. The van der Waals surface area contributed by atoms with E-state index in [4.69, 9.17) is 0 Å². The van der Waals surface area contributed by atoms with Gasteiger partial charge in [-0.25, -0.2) is 12.9 Å². The van der Waals surface area contributed by atoms with Crippen molar-refractivity contribution in [3.63, 3.8) is 0 Å². The number of rotatable bonds is 4. The normalized spacial score (nSPS) is 19.0. The van der Waals surface area contributed by atoms with Gasteiger partial charge < -0.3 is 0 Å². The van der Waals surface area contributed by atoms with Gasteiger partial charge in [0.15, 0.2) is 5.69 Å². The number of aryl methyl sites for hydroxylation is 1. The van der Waals surface area contributed by atoms with Crippen LogP contribution < -0.4 is 0 Å². The van der Waals surface area contributed by atoms with Crippen LogP contribution in [0.2, 0.25) is 0 Å². The van der Waals surface area contributed by atoms with Gasteiger partial charge in [0.1, 0.15) is 16.8 Å². The summed E-state index contributed by atoms with van der Waals surface area (Å²) in [6.07, 6.45) is -3.58. The van der Waals surface area contributed by atoms with Crippen molar-refractivity contribution >= 4 is 33.4 Å². The van der Waals surface area contributed by atoms with Crippen LogP contribution in [0.5, 0.6) is 0 Å². The Balaban J connectivity index is 2.04. The lowest BCUT2D eigenvalue weighted by Gasteiger charge is -2.34. The Hall–Kier alpha value is -2.33. The molecule has 31 heavy (non-hydrogen) atoms. The van der Waals surface area contributed by atoms with Crippen molar-refractivity contribution in [3.8, 4) is 17.2 Å². The quantitative estimate of drug-likeness (QED) is 0.352. The Morgan fingerprint density at radius 2 is 2.13 bits per heavy atom. The lowest BCUT2D eigenvalue weighted by molar-refractivity contribution is -0.141. The van der Waals surface area contributed by atoms with Gasteiger partial charge in [-0.3, -0.25) is 4.68 Å². The van der Waals surface area contributed by atoms with E-state index in [-0.39, 0.29) is 51.9 Å². The monoisotopic (exact) mass is 484 g/mol. The molecule has 0 bridgehead atoms. The Labute approximate surface area is 186 Å². The molecule has 1 aromatic carbocycles.